The highest BCUT2D eigenvalue weighted by Crippen LogP contribution is 2.38. The van der Waals surface area contributed by atoms with Crippen LogP contribution >= 0.6 is 0 Å². The lowest BCUT2D eigenvalue weighted by atomic mass is 9.83. The van der Waals surface area contributed by atoms with Crippen molar-refractivity contribution < 1.29 is 19.1 Å². The molecule has 3 amide bonds. The molecule has 2 fully saturated rings. The molecule has 2 aliphatic heterocycles. The summed E-state index contributed by atoms with van der Waals surface area (Å²) in [6.07, 6.45) is 3.79. The van der Waals surface area contributed by atoms with Crippen molar-refractivity contribution in [3.8, 4) is 0 Å². The van der Waals surface area contributed by atoms with Crippen LogP contribution in [0.1, 0.15) is 63.5 Å². The number of hydrogen-bond acceptors (Lipinski definition) is 4. The zero-order valence-corrected chi connectivity index (χ0v) is 22.7. The minimum absolute atomic E-state index is 0.0335. The van der Waals surface area contributed by atoms with Gasteiger partial charge in [0.1, 0.15) is 5.60 Å². The Kier molecular flexibility index (Phi) is 7.46. The second-order valence-electron chi connectivity index (χ2n) is 12.1. The second-order valence-corrected chi connectivity index (χ2v) is 12.1. The molecule has 7 heteroatoms. The van der Waals surface area contributed by atoms with Crippen LogP contribution in [-0.2, 0) is 20.7 Å². The Morgan fingerprint density at radius 2 is 1.68 bits per heavy atom. The van der Waals surface area contributed by atoms with E-state index in [9.17, 15) is 14.4 Å². The molecule has 7 nitrogen and oxygen atoms in total. The molecule has 5 rings (SSSR count). The number of carbonyl (C=O) groups is 3. The number of para-hydroxylation sites is 1. The number of hydrogen-bond donors (Lipinski definition) is 1. The molecule has 3 unspecified atom stereocenters. The predicted molar refractivity (Wildman–Crippen MR) is 147 cm³/mol. The van der Waals surface area contributed by atoms with Crippen molar-refractivity contribution in [1.29, 1.82) is 0 Å². The van der Waals surface area contributed by atoms with Gasteiger partial charge >= 0.3 is 6.09 Å². The van der Waals surface area contributed by atoms with Crippen LogP contribution < -0.4 is 5.32 Å². The first-order chi connectivity index (χ1) is 18.2. The summed E-state index contributed by atoms with van der Waals surface area (Å²) in [5.41, 5.74) is 2.29. The molecule has 38 heavy (non-hydrogen) atoms. The van der Waals surface area contributed by atoms with Gasteiger partial charge in [-0.25, -0.2) is 4.79 Å². The molecule has 2 heterocycles. The topological polar surface area (TPSA) is 79.0 Å². The summed E-state index contributed by atoms with van der Waals surface area (Å²) in [5.74, 6) is -0.223. The first-order valence-corrected chi connectivity index (χ1v) is 13.9. The first kappa shape index (κ1) is 26.3. The summed E-state index contributed by atoms with van der Waals surface area (Å²) < 4.78 is 5.71. The molecular weight excluding hydrogens is 478 g/mol. The van der Waals surface area contributed by atoms with Gasteiger partial charge in [0.25, 0.3) is 0 Å². The Balaban J connectivity index is 1.39. The lowest BCUT2D eigenvalue weighted by molar-refractivity contribution is -0.139. The third-order valence-corrected chi connectivity index (χ3v) is 8.10. The Bertz CT molecular complexity index is 1170. The fourth-order valence-corrected chi connectivity index (χ4v) is 5.97. The summed E-state index contributed by atoms with van der Waals surface area (Å²) >= 11 is 0. The molecule has 202 valence electrons. The predicted octanol–water partition coefficient (Wildman–Crippen LogP) is 5.22. The van der Waals surface area contributed by atoms with Gasteiger partial charge in [0.2, 0.25) is 11.8 Å². The van der Waals surface area contributed by atoms with Crippen LogP contribution in [0.15, 0.2) is 54.6 Å². The van der Waals surface area contributed by atoms with Crippen LogP contribution in [0.3, 0.4) is 0 Å². The van der Waals surface area contributed by atoms with Crippen molar-refractivity contribution in [2.75, 3.05) is 25.0 Å². The first-order valence-electron chi connectivity index (χ1n) is 13.9. The second kappa shape index (κ2) is 10.8. The van der Waals surface area contributed by atoms with Gasteiger partial charge in [-0.05, 0) is 75.5 Å². The number of nitrogens with zero attached hydrogens (tertiary/aromatic N) is 2. The number of ether oxygens (including phenoxy) is 1. The summed E-state index contributed by atoms with van der Waals surface area (Å²) in [6.45, 7) is 7.40. The molecule has 1 saturated carbocycles. The van der Waals surface area contributed by atoms with Gasteiger partial charge in [-0.3, -0.25) is 9.59 Å². The van der Waals surface area contributed by atoms with Gasteiger partial charge < -0.3 is 19.9 Å². The Hall–Kier alpha value is -3.35. The molecule has 2 aromatic rings. The van der Waals surface area contributed by atoms with Crippen molar-refractivity contribution >= 4 is 23.6 Å². The van der Waals surface area contributed by atoms with Crippen LogP contribution in [0.25, 0.3) is 0 Å². The maximum absolute atomic E-state index is 14.1. The van der Waals surface area contributed by atoms with Crippen LogP contribution in [0.5, 0.6) is 0 Å². The number of nitrogens with one attached hydrogen (secondary N) is 1. The van der Waals surface area contributed by atoms with E-state index in [2.05, 4.69) is 17.4 Å². The molecule has 0 spiro atoms. The molecule has 1 saturated heterocycles. The van der Waals surface area contributed by atoms with E-state index in [1.807, 2.05) is 73.0 Å². The highest BCUT2D eigenvalue weighted by Gasteiger charge is 2.43. The average molecular weight is 518 g/mol. The van der Waals surface area contributed by atoms with Crippen LogP contribution in [0.2, 0.25) is 0 Å². The van der Waals surface area contributed by atoms with Crippen molar-refractivity contribution in [2.45, 2.75) is 70.4 Å². The van der Waals surface area contributed by atoms with Crippen molar-refractivity contribution in [2.24, 2.45) is 11.8 Å². The quantitative estimate of drug-likeness (QED) is 0.570. The van der Waals surface area contributed by atoms with E-state index in [4.69, 9.17) is 4.74 Å². The van der Waals surface area contributed by atoms with Gasteiger partial charge in [0.15, 0.2) is 0 Å². The molecule has 1 aliphatic carbocycles. The summed E-state index contributed by atoms with van der Waals surface area (Å²) in [4.78, 5) is 43.5. The van der Waals surface area contributed by atoms with Gasteiger partial charge in [-0.2, -0.15) is 0 Å². The highest BCUT2D eigenvalue weighted by atomic mass is 16.6. The summed E-state index contributed by atoms with van der Waals surface area (Å²) in [6, 6.07) is 18.2. The minimum Gasteiger partial charge on any atom is -0.444 e. The lowest BCUT2D eigenvalue weighted by Gasteiger charge is -2.42. The van der Waals surface area contributed by atoms with E-state index < -0.39 is 11.5 Å². The van der Waals surface area contributed by atoms with Crippen LogP contribution in [0.4, 0.5) is 10.5 Å². The van der Waals surface area contributed by atoms with E-state index in [-0.39, 0.29) is 42.2 Å². The summed E-state index contributed by atoms with van der Waals surface area (Å²) in [5, 5.41) is 2.92. The zero-order chi connectivity index (χ0) is 26.9. The number of benzene rings is 2. The summed E-state index contributed by atoms with van der Waals surface area (Å²) in [7, 11) is 0. The van der Waals surface area contributed by atoms with E-state index in [0.29, 0.717) is 19.6 Å². The van der Waals surface area contributed by atoms with E-state index in [0.717, 1.165) is 36.9 Å². The molecule has 0 radical (unpaired) electrons. The Labute approximate surface area is 225 Å². The van der Waals surface area contributed by atoms with Crippen LogP contribution in [0, 0.1) is 11.8 Å². The van der Waals surface area contributed by atoms with Gasteiger partial charge in [0, 0.05) is 37.8 Å². The largest absolute Gasteiger partial charge is 0.444 e. The number of likely N-dealkylation sites (tertiary alicyclic amines) is 1. The van der Waals surface area contributed by atoms with Crippen molar-refractivity contribution in [3.63, 3.8) is 0 Å². The van der Waals surface area contributed by atoms with Crippen molar-refractivity contribution in [1.82, 2.24) is 9.80 Å². The number of rotatable bonds is 6. The molecule has 3 aliphatic rings. The standard InChI is InChI=1S/C31H39N3O4/c1-31(2,3)38-30(37)33-18-22(16-21-10-5-4-6-11-21)23(19-33)20-34(24-12-9-13-24)29(36)26-17-28(35)32-27-15-8-7-14-25(26)27/h4-8,10-11,14-15,22-24,26H,9,12-13,16-20H2,1-3H3,(H,32,35). The SMILES string of the molecule is CC(C)(C)OC(=O)N1CC(Cc2ccccc2)C(CN(C(=O)C2CC(=O)Nc3ccccc32)C2CCC2)C1. The molecule has 3 atom stereocenters. The third kappa shape index (κ3) is 5.87. The van der Waals surface area contributed by atoms with Gasteiger partial charge in [-0.15, -0.1) is 0 Å². The van der Waals surface area contributed by atoms with Gasteiger partial charge in [0.05, 0.1) is 5.92 Å². The maximum atomic E-state index is 14.1. The fraction of sp³-hybridized carbons (Fsp3) is 0.516. The molecule has 2 aromatic carbocycles. The lowest BCUT2D eigenvalue weighted by Crippen LogP contribution is -2.50. The van der Waals surface area contributed by atoms with E-state index in [1.54, 1.807) is 0 Å². The average Bonchev–Trinajstić information content (AvgIpc) is 3.23. The monoisotopic (exact) mass is 517 g/mol. The van der Waals surface area contributed by atoms with Crippen molar-refractivity contribution in [3.05, 3.63) is 65.7 Å². The zero-order valence-electron chi connectivity index (χ0n) is 22.7. The number of anilines is 1. The maximum Gasteiger partial charge on any atom is 0.410 e. The normalized spacial score (nSPS) is 23.3. The van der Waals surface area contributed by atoms with Crippen LogP contribution in [-0.4, -0.2) is 59.0 Å². The smallest absolute Gasteiger partial charge is 0.410 e. The third-order valence-electron chi connectivity index (χ3n) is 8.10. The minimum atomic E-state index is -0.563. The molecule has 1 N–H and O–H groups in total. The number of carbonyl (C=O) groups excluding carboxylic acids is 3. The Morgan fingerprint density at radius 1 is 1.00 bits per heavy atom. The molecule has 0 aromatic heterocycles. The Morgan fingerprint density at radius 3 is 2.37 bits per heavy atom. The van der Waals surface area contributed by atoms with E-state index >= 15 is 0 Å². The number of fused-ring (bicyclic) bond motifs is 1. The van der Waals surface area contributed by atoms with E-state index in [1.165, 1.54) is 5.56 Å². The number of amides is 3. The molecule has 0 bridgehead atoms. The molecular formula is C31H39N3O4. The highest BCUT2D eigenvalue weighted by molar-refractivity contribution is 6.01. The fourth-order valence-electron chi connectivity index (χ4n) is 5.97. The van der Waals surface area contributed by atoms with Gasteiger partial charge in [-0.1, -0.05) is 48.5 Å².